The van der Waals surface area contributed by atoms with Gasteiger partial charge in [-0.2, -0.15) is 0 Å². The molecule has 1 aliphatic rings. The first kappa shape index (κ1) is 21.4. The molecule has 2 aromatic carbocycles. The lowest BCUT2D eigenvalue weighted by atomic mass is 9.94. The lowest BCUT2D eigenvalue weighted by Crippen LogP contribution is -2.46. The van der Waals surface area contributed by atoms with E-state index in [0.29, 0.717) is 30.0 Å². The number of ether oxygens (including phenoxy) is 2. The standard InChI is InChI=1S/C24H28N2O4/c1-5-20-21(23(27)30-15(2)3)22(26-24(28)25-20)18-10-12-19(13-11-18)29-14-17-8-6-16(4)7-9-17/h6-13,15,22H,5,14H2,1-4H3,(H2,25,26,28). The van der Waals surface area contributed by atoms with Gasteiger partial charge in [0.15, 0.2) is 0 Å². The van der Waals surface area contributed by atoms with Crippen LogP contribution in [0.3, 0.4) is 0 Å². The summed E-state index contributed by atoms with van der Waals surface area (Å²) in [6, 6.07) is 14.7. The minimum absolute atomic E-state index is 0.251. The summed E-state index contributed by atoms with van der Waals surface area (Å²) in [6.45, 7) is 8.01. The molecule has 1 atom stereocenters. The molecule has 6 heteroatoms. The highest BCUT2D eigenvalue weighted by molar-refractivity contribution is 5.95. The average molecular weight is 408 g/mol. The van der Waals surface area contributed by atoms with Crippen LogP contribution >= 0.6 is 0 Å². The van der Waals surface area contributed by atoms with Gasteiger partial charge in [0.2, 0.25) is 0 Å². The van der Waals surface area contributed by atoms with Crippen LogP contribution in [-0.2, 0) is 16.1 Å². The third-order valence-corrected chi connectivity index (χ3v) is 4.81. The molecule has 1 heterocycles. The van der Waals surface area contributed by atoms with Crippen molar-refractivity contribution in [3.8, 4) is 5.75 Å². The molecule has 0 aliphatic carbocycles. The third kappa shape index (κ3) is 5.20. The zero-order valence-corrected chi connectivity index (χ0v) is 17.8. The summed E-state index contributed by atoms with van der Waals surface area (Å²) in [6.07, 6.45) is 0.267. The maximum atomic E-state index is 12.7. The molecule has 0 radical (unpaired) electrons. The van der Waals surface area contributed by atoms with Gasteiger partial charge in [-0.25, -0.2) is 9.59 Å². The SMILES string of the molecule is CCC1=C(C(=O)OC(C)C)C(c2ccc(OCc3ccc(C)cc3)cc2)NC(=O)N1. The topological polar surface area (TPSA) is 76.7 Å². The number of hydrogen-bond donors (Lipinski definition) is 2. The number of allylic oxidation sites excluding steroid dienone is 1. The van der Waals surface area contributed by atoms with Gasteiger partial charge in [0.25, 0.3) is 0 Å². The molecule has 2 aromatic rings. The average Bonchev–Trinajstić information content (AvgIpc) is 2.72. The van der Waals surface area contributed by atoms with E-state index in [-0.39, 0.29) is 12.1 Å². The number of nitrogens with one attached hydrogen (secondary N) is 2. The normalized spacial score (nSPS) is 16.2. The van der Waals surface area contributed by atoms with Gasteiger partial charge < -0.3 is 20.1 Å². The van der Waals surface area contributed by atoms with E-state index in [4.69, 9.17) is 9.47 Å². The van der Waals surface area contributed by atoms with Gasteiger partial charge in [-0.1, -0.05) is 48.9 Å². The van der Waals surface area contributed by atoms with E-state index in [9.17, 15) is 9.59 Å². The zero-order valence-electron chi connectivity index (χ0n) is 17.8. The van der Waals surface area contributed by atoms with E-state index in [1.807, 2.05) is 50.2 Å². The molecule has 3 rings (SSSR count). The van der Waals surface area contributed by atoms with Crippen molar-refractivity contribution in [3.05, 3.63) is 76.5 Å². The second kappa shape index (κ2) is 9.48. The molecule has 0 fully saturated rings. The Kier molecular flexibility index (Phi) is 6.77. The van der Waals surface area contributed by atoms with E-state index < -0.39 is 12.0 Å². The van der Waals surface area contributed by atoms with E-state index in [0.717, 1.165) is 11.1 Å². The number of rotatable bonds is 7. The smallest absolute Gasteiger partial charge is 0.338 e. The third-order valence-electron chi connectivity index (χ3n) is 4.81. The summed E-state index contributed by atoms with van der Waals surface area (Å²) in [5.74, 6) is 0.282. The van der Waals surface area contributed by atoms with Gasteiger partial charge in [-0.05, 0) is 50.5 Å². The van der Waals surface area contributed by atoms with Gasteiger partial charge in [-0.3, -0.25) is 0 Å². The van der Waals surface area contributed by atoms with E-state index in [1.165, 1.54) is 5.56 Å². The van der Waals surface area contributed by atoms with Crippen molar-refractivity contribution in [2.75, 3.05) is 0 Å². The Morgan fingerprint density at radius 1 is 1.07 bits per heavy atom. The number of urea groups is 1. The predicted octanol–water partition coefficient (Wildman–Crippen LogP) is 4.54. The quantitative estimate of drug-likeness (QED) is 0.659. The first-order chi connectivity index (χ1) is 14.4. The lowest BCUT2D eigenvalue weighted by Gasteiger charge is -2.29. The van der Waals surface area contributed by atoms with Crippen LogP contribution in [0.25, 0.3) is 0 Å². The highest BCUT2D eigenvalue weighted by atomic mass is 16.5. The molecule has 2 amide bonds. The van der Waals surface area contributed by atoms with Crippen molar-refractivity contribution in [2.45, 2.75) is 52.9 Å². The van der Waals surface area contributed by atoms with E-state index in [2.05, 4.69) is 22.8 Å². The molecule has 2 N–H and O–H groups in total. The Bertz CT molecular complexity index is 931. The Labute approximate surface area is 177 Å². The number of esters is 1. The highest BCUT2D eigenvalue weighted by Crippen LogP contribution is 2.30. The molecule has 0 bridgehead atoms. The fourth-order valence-electron chi connectivity index (χ4n) is 3.27. The van der Waals surface area contributed by atoms with Crippen molar-refractivity contribution < 1.29 is 19.1 Å². The largest absolute Gasteiger partial charge is 0.489 e. The van der Waals surface area contributed by atoms with E-state index >= 15 is 0 Å². The van der Waals surface area contributed by atoms with Crippen LogP contribution in [0.4, 0.5) is 4.79 Å². The van der Waals surface area contributed by atoms with Crippen molar-refractivity contribution in [3.63, 3.8) is 0 Å². The number of carbonyl (C=O) groups excluding carboxylic acids is 2. The molecule has 30 heavy (non-hydrogen) atoms. The number of amides is 2. The first-order valence-corrected chi connectivity index (χ1v) is 10.2. The second-order valence-corrected chi connectivity index (χ2v) is 7.57. The monoisotopic (exact) mass is 408 g/mol. The Balaban J connectivity index is 1.79. The lowest BCUT2D eigenvalue weighted by molar-refractivity contribution is -0.143. The predicted molar refractivity (Wildman–Crippen MR) is 115 cm³/mol. The van der Waals surface area contributed by atoms with Crippen molar-refractivity contribution in [1.29, 1.82) is 0 Å². The molecule has 158 valence electrons. The molecular formula is C24H28N2O4. The number of benzene rings is 2. The summed E-state index contributed by atoms with van der Waals surface area (Å²) in [4.78, 5) is 24.8. The van der Waals surface area contributed by atoms with Crippen LogP contribution in [0.2, 0.25) is 0 Å². The van der Waals surface area contributed by atoms with Crippen LogP contribution in [0.15, 0.2) is 59.8 Å². The molecule has 1 aliphatic heterocycles. The van der Waals surface area contributed by atoms with Gasteiger partial charge in [0, 0.05) is 5.70 Å². The molecule has 0 saturated heterocycles. The highest BCUT2D eigenvalue weighted by Gasteiger charge is 2.33. The molecule has 0 spiro atoms. The van der Waals surface area contributed by atoms with Gasteiger partial charge >= 0.3 is 12.0 Å². The van der Waals surface area contributed by atoms with Crippen LogP contribution in [0, 0.1) is 6.92 Å². The maximum Gasteiger partial charge on any atom is 0.338 e. The van der Waals surface area contributed by atoms with Crippen molar-refractivity contribution >= 4 is 12.0 Å². The van der Waals surface area contributed by atoms with E-state index in [1.54, 1.807) is 13.8 Å². The van der Waals surface area contributed by atoms with Crippen molar-refractivity contribution in [1.82, 2.24) is 10.6 Å². The van der Waals surface area contributed by atoms with Gasteiger partial charge in [0.1, 0.15) is 12.4 Å². The number of hydrogen-bond acceptors (Lipinski definition) is 4. The number of carbonyl (C=O) groups is 2. The van der Waals surface area contributed by atoms with Gasteiger partial charge in [0.05, 0.1) is 17.7 Å². The van der Waals surface area contributed by atoms with Crippen LogP contribution in [0.5, 0.6) is 5.75 Å². The zero-order chi connectivity index (χ0) is 21.7. The van der Waals surface area contributed by atoms with Crippen molar-refractivity contribution in [2.24, 2.45) is 0 Å². The molecule has 0 aromatic heterocycles. The molecule has 1 unspecified atom stereocenters. The molecule has 6 nitrogen and oxygen atoms in total. The Morgan fingerprint density at radius 3 is 2.33 bits per heavy atom. The van der Waals surface area contributed by atoms with Crippen LogP contribution in [-0.4, -0.2) is 18.1 Å². The summed E-state index contributed by atoms with van der Waals surface area (Å²) in [5.41, 5.74) is 4.09. The summed E-state index contributed by atoms with van der Waals surface area (Å²) in [7, 11) is 0. The van der Waals surface area contributed by atoms with Crippen LogP contribution in [0.1, 0.15) is 49.9 Å². The summed E-state index contributed by atoms with van der Waals surface area (Å²) in [5, 5.41) is 5.56. The molecular weight excluding hydrogens is 380 g/mol. The Morgan fingerprint density at radius 2 is 1.73 bits per heavy atom. The fraction of sp³-hybridized carbons (Fsp3) is 0.333. The maximum absolute atomic E-state index is 12.7. The second-order valence-electron chi connectivity index (χ2n) is 7.57. The summed E-state index contributed by atoms with van der Waals surface area (Å²) < 4.78 is 11.3. The molecule has 0 saturated carbocycles. The Hall–Kier alpha value is -3.28. The van der Waals surface area contributed by atoms with Gasteiger partial charge in [-0.15, -0.1) is 0 Å². The fourth-order valence-corrected chi connectivity index (χ4v) is 3.27. The van der Waals surface area contributed by atoms with Crippen LogP contribution < -0.4 is 15.4 Å². The summed E-state index contributed by atoms with van der Waals surface area (Å²) >= 11 is 0. The minimum Gasteiger partial charge on any atom is -0.489 e. The number of aryl methyl sites for hydroxylation is 1. The first-order valence-electron chi connectivity index (χ1n) is 10.2. The minimum atomic E-state index is -0.578.